The molecule has 0 fully saturated rings. The average Bonchev–Trinajstić information content (AvgIpc) is 2.65. The van der Waals surface area contributed by atoms with Crippen LogP contribution >= 0.6 is 11.3 Å². The molecule has 0 amide bonds. The molecule has 2 N–H and O–H groups in total. The van der Waals surface area contributed by atoms with Gasteiger partial charge in [-0.2, -0.15) is 0 Å². The smallest absolute Gasteiger partial charge is 0.0192 e. The van der Waals surface area contributed by atoms with Gasteiger partial charge < -0.3 is 5.73 Å². The zero-order chi connectivity index (χ0) is 12.6. The molecule has 2 heteroatoms. The Hall–Kier alpha value is -1.12. The second-order valence-corrected chi connectivity index (χ2v) is 5.73. The SMILES string of the molecule is Cc1cc(C)c(-c2c(CN)csc2C)cc1C. The van der Waals surface area contributed by atoms with E-state index in [0.29, 0.717) is 6.54 Å². The Labute approximate surface area is 107 Å². The predicted octanol–water partition coefficient (Wildman–Crippen LogP) is 4.11. The van der Waals surface area contributed by atoms with Crippen molar-refractivity contribution in [2.45, 2.75) is 34.2 Å². The van der Waals surface area contributed by atoms with E-state index in [2.05, 4.69) is 45.2 Å². The minimum Gasteiger partial charge on any atom is -0.326 e. The van der Waals surface area contributed by atoms with Crippen LogP contribution in [0.1, 0.15) is 27.1 Å². The van der Waals surface area contributed by atoms with E-state index in [0.717, 1.165) is 0 Å². The molecule has 2 rings (SSSR count). The molecule has 90 valence electrons. The molecule has 0 radical (unpaired) electrons. The molecule has 0 bridgehead atoms. The van der Waals surface area contributed by atoms with Crippen molar-refractivity contribution in [3.8, 4) is 11.1 Å². The summed E-state index contributed by atoms with van der Waals surface area (Å²) in [6, 6.07) is 4.56. The largest absolute Gasteiger partial charge is 0.326 e. The number of aryl methyl sites for hydroxylation is 4. The highest BCUT2D eigenvalue weighted by Gasteiger charge is 2.12. The van der Waals surface area contributed by atoms with Crippen molar-refractivity contribution in [2.75, 3.05) is 0 Å². The molecule has 1 heterocycles. The summed E-state index contributed by atoms with van der Waals surface area (Å²) in [7, 11) is 0. The van der Waals surface area contributed by atoms with E-state index in [1.165, 1.54) is 38.3 Å². The minimum atomic E-state index is 0.617. The van der Waals surface area contributed by atoms with Gasteiger partial charge in [-0.25, -0.2) is 0 Å². The van der Waals surface area contributed by atoms with Gasteiger partial charge in [0.15, 0.2) is 0 Å². The molecular weight excluding hydrogens is 226 g/mol. The maximum atomic E-state index is 5.83. The molecule has 0 aliphatic carbocycles. The van der Waals surface area contributed by atoms with E-state index in [1.54, 1.807) is 11.3 Å². The van der Waals surface area contributed by atoms with Crippen molar-refractivity contribution in [3.63, 3.8) is 0 Å². The summed E-state index contributed by atoms with van der Waals surface area (Å²) >= 11 is 1.79. The van der Waals surface area contributed by atoms with Gasteiger partial charge in [-0.3, -0.25) is 0 Å². The Balaban J connectivity index is 2.68. The van der Waals surface area contributed by atoms with E-state index in [1.807, 2.05) is 0 Å². The van der Waals surface area contributed by atoms with Crippen molar-refractivity contribution >= 4 is 11.3 Å². The fourth-order valence-corrected chi connectivity index (χ4v) is 3.14. The highest BCUT2D eigenvalue weighted by atomic mass is 32.1. The number of rotatable bonds is 2. The maximum absolute atomic E-state index is 5.83. The predicted molar refractivity (Wildman–Crippen MR) is 76.6 cm³/mol. The van der Waals surface area contributed by atoms with Gasteiger partial charge in [0.1, 0.15) is 0 Å². The zero-order valence-electron chi connectivity index (χ0n) is 10.9. The van der Waals surface area contributed by atoms with Crippen LogP contribution in [-0.4, -0.2) is 0 Å². The second kappa shape index (κ2) is 4.63. The van der Waals surface area contributed by atoms with Crippen molar-refractivity contribution in [1.82, 2.24) is 0 Å². The summed E-state index contributed by atoms with van der Waals surface area (Å²) in [5, 5.41) is 2.18. The van der Waals surface area contributed by atoms with E-state index in [9.17, 15) is 0 Å². The van der Waals surface area contributed by atoms with E-state index >= 15 is 0 Å². The molecule has 1 aromatic heterocycles. The van der Waals surface area contributed by atoms with Crippen LogP contribution in [0.15, 0.2) is 17.5 Å². The molecule has 0 saturated carbocycles. The summed E-state index contributed by atoms with van der Waals surface area (Å²) < 4.78 is 0. The summed E-state index contributed by atoms with van der Waals surface area (Å²) in [6.07, 6.45) is 0. The zero-order valence-corrected chi connectivity index (χ0v) is 11.7. The van der Waals surface area contributed by atoms with Crippen LogP contribution in [0.5, 0.6) is 0 Å². The third-order valence-electron chi connectivity index (χ3n) is 3.38. The summed E-state index contributed by atoms with van der Waals surface area (Å²) in [5.74, 6) is 0. The Morgan fingerprint density at radius 3 is 2.29 bits per heavy atom. The van der Waals surface area contributed by atoms with E-state index < -0.39 is 0 Å². The Morgan fingerprint density at radius 2 is 1.65 bits per heavy atom. The lowest BCUT2D eigenvalue weighted by molar-refractivity contribution is 1.08. The van der Waals surface area contributed by atoms with Crippen molar-refractivity contribution in [3.05, 3.63) is 44.6 Å². The van der Waals surface area contributed by atoms with E-state index in [-0.39, 0.29) is 0 Å². The van der Waals surface area contributed by atoms with Crippen molar-refractivity contribution in [1.29, 1.82) is 0 Å². The molecule has 0 saturated heterocycles. The molecule has 0 aliphatic rings. The first-order valence-electron chi connectivity index (χ1n) is 5.90. The van der Waals surface area contributed by atoms with Crippen LogP contribution in [0.4, 0.5) is 0 Å². The first-order valence-corrected chi connectivity index (χ1v) is 6.77. The maximum Gasteiger partial charge on any atom is 0.0192 e. The minimum absolute atomic E-state index is 0.617. The van der Waals surface area contributed by atoms with Crippen LogP contribution in [0.2, 0.25) is 0 Å². The quantitative estimate of drug-likeness (QED) is 0.846. The number of nitrogens with two attached hydrogens (primary N) is 1. The standard InChI is InChI=1S/C15H19NS/c1-9-5-11(3)14(6-10(9)2)15-12(4)17-8-13(15)7-16/h5-6,8H,7,16H2,1-4H3. The highest BCUT2D eigenvalue weighted by Crippen LogP contribution is 2.35. The van der Waals surface area contributed by atoms with Gasteiger partial charge in [-0.15, -0.1) is 11.3 Å². The van der Waals surface area contributed by atoms with Crippen molar-refractivity contribution < 1.29 is 0 Å². The summed E-state index contributed by atoms with van der Waals surface area (Å²) in [4.78, 5) is 1.36. The Morgan fingerprint density at radius 1 is 1.00 bits per heavy atom. The molecule has 1 nitrogen and oxygen atoms in total. The second-order valence-electron chi connectivity index (χ2n) is 4.65. The van der Waals surface area contributed by atoms with Crippen LogP contribution in [0, 0.1) is 27.7 Å². The first-order chi connectivity index (χ1) is 8.04. The fourth-order valence-electron chi connectivity index (χ4n) is 2.25. The summed E-state index contributed by atoms with van der Waals surface area (Å²) in [6.45, 7) is 9.30. The molecular formula is C15H19NS. The van der Waals surface area contributed by atoms with Crippen molar-refractivity contribution in [2.24, 2.45) is 5.73 Å². The number of benzene rings is 1. The first kappa shape index (κ1) is 12.3. The molecule has 2 aromatic rings. The molecule has 0 atom stereocenters. The molecule has 0 aliphatic heterocycles. The molecule has 0 spiro atoms. The fraction of sp³-hybridized carbons (Fsp3) is 0.333. The Bertz CT molecular complexity index is 552. The van der Waals surface area contributed by atoms with E-state index in [4.69, 9.17) is 5.73 Å². The van der Waals surface area contributed by atoms with Gasteiger partial charge in [0.05, 0.1) is 0 Å². The lowest BCUT2D eigenvalue weighted by Crippen LogP contribution is -1.98. The third kappa shape index (κ3) is 2.15. The number of hydrogen-bond acceptors (Lipinski definition) is 2. The topological polar surface area (TPSA) is 26.0 Å². The van der Waals surface area contributed by atoms with Gasteiger partial charge in [0.25, 0.3) is 0 Å². The van der Waals surface area contributed by atoms with Gasteiger partial charge in [0.2, 0.25) is 0 Å². The normalized spacial score (nSPS) is 10.9. The van der Waals surface area contributed by atoms with Crippen LogP contribution < -0.4 is 5.73 Å². The number of thiophene rings is 1. The average molecular weight is 245 g/mol. The number of hydrogen-bond donors (Lipinski definition) is 1. The Kier molecular flexibility index (Phi) is 3.36. The lowest BCUT2D eigenvalue weighted by atomic mass is 9.93. The van der Waals surface area contributed by atoms with Crippen LogP contribution in [-0.2, 0) is 6.54 Å². The van der Waals surface area contributed by atoms with Crippen LogP contribution in [0.3, 0.4) is 0 Å². The molecule has 0 unspecified atom stereocenters. The van der Waals surface area contributed by atoms with Crippen LogP contribution in [0.25, 0.3) is 11.1 Å². The van der Waals surface area contributed by atoms with Gasteiger partial charge in [-0.05, 0) is 60.9 Å². The lowest BCUT2D eigenvalue weighted by Gasteiger charge is -2.11. The van der Waals surface area contributed by atoms with Gasteiger partial charge in [-0.1, -0.05) is 12.1 Å². The summed E-state index contributed by atoms with van der Waals surface area (Å²) in [5.41, 5.74) is 13.8. The molecule has 1 aromatic carbocycles. The highest BCUT2D eigenvalue weighted by molar-refractivity contribution is 7.10. The monoisotopic (exact) mass is 245 g/mol. The molecule has 17 heavy (non-hydrogen) atoms. The van der Waals surface area contributed by atoms with Gasteiger partial charge >= 0.3 is 0 Å². The third-order valence-corrected chi connectivity index (χ3v) is 4.34. The van der Waals surface area contributed by atoms with Gasteiger partial charge in [0, 0.05) is 17.0 Å².